The number of unbranched alkanes of at least 4 members (excludes halogenated alkanes) is 1. The van der Waals surface area contributed by atoms with Crippen molar-refractivity contribution in [3.63, 3.8) is 0 Å². The van der Waals surface area contributed by atoms with E-state index in [9.17, 15) is 9.59 Å². The van der Waals surface area contributed by atoms with E-state index in [0.29, 0.717) is 17.0 Å². The lowest BCUT2D eigenvalue weighted by molar-refractivity contribution is -0.118. The molecule has 27 heavy (non-hydrogen) atoms. The molecule has 6 nitrogen and oxygen atoms in total. The first-order valence-corrected chi connectivity index (χ1v) is 9.18. The van der Waals surface area contributed by atoms with Crippen molar-refractivity contribution in [1.29, 1.82) is 0 Å². The molecule has 7 heteroatoms. The number of pyridine rings is 1. The molecule has 1 aromatic carbocycles. The van der Waals surface area contributed by atoms with E-state index in [-0.39, 0.29) is 17.4 Å². The molecule has 1 unspecified atom stereocenters. The Morgan fingerprint density at radius 3 is 2.56 bits per heavy atom. The Morgan fingerprint density at radius 1 is 1.15 bits per heavy atom. The second-order valence-electron chi connectivity index (χ2n) is 6.46. The molecule has 0 radical (unpaired) electrons. The fourth-order valence-corrected chi connectivity index (χ4v) is 3.29. The number of aromatic nitrogens is 3. The Bertz CT molecular complexity index is 949. The number of nitrogens with one attached hydrogen (secondary N) is 2. The van der Waals surface area contributed by atoms with E-state index < -0.39 is 0 Å². The Morgan fingerprint density at radius 2 is 1.93 bits per heavy atom. The van der Waals surface area contributed by atoms with Gasteiger partial charge in [0.2, 0.25) is 5.91 Å². The maximum Gasteiger partial charge on any atom is 0.256 e. The van der Waals surface area contributed by atoms with Crippen LogP contribution in [0.25, 0.3) is 11.1 Å². The van der Waals surface area contributed by atoms with Crippen LogP contribution in [0.5, 0.6) is 0 Å². The molecule has 140 valence electrons. The minimum Gasteiger partial charge on any atom is -0.370 e. The third-order valence-electron chi connectivity index (χ3n) is 4.56. The average Bonchev–Trinajstić information content (AvgIpc) is 3.17. The summed E-state index contributed by atoms with van der Waals surface area (Å²) in [4.78, 5) is 26.5. The standard InChI is InChI=1S/C20H21ClN4O2/c21-15-7-5-13(6-8-15)16(3-1-2-4-19(22)26)18-10-9-17(20(27)25-18)14-11-23-24-12-14/h5-12,16H,1-4H2,(H2,22,26)(H,23,24)(H,25,27). The van der Waals surface area contributed by atoms with E-state index >= 15 is 0 Å². The third-order valence-corrected chi connectivity index (χ3v) is 4.81. The van der Waals surface area contributed by atoms with Crippen LogP contribution in [0.4, 0.5) is 0 Å². The normalized spacial score (nSPS) is 12.0. The highest BCUT2D eigenvalue weighted by atomic mass is 35.5. The molecule has 0 aliphatic rings. The molecule has 0 aliphatic carbocycles. The SMILES string of the molecule is NC(=O)CCCCC(c1ccc(Cl)cc1)c1ccc(-c2cn[nH]c2)c(=O)[nH]1. The molecule has 1 amide bonds. The zero-order valence-electron chi connectivity index (χ0n) is 14.7. The number of halogens is 1. The van der Waals surface area contributed by atoms with Crippen LogP contribution in [-0.2, 0) is 4.79 Å². The van der Waals surface area contributed by atoms with Crippen molar-refractivity contribution in [3.05, 3.63) is 75.4 Å². The highest BCUT2D eigenvalue weighted by Crippen LogP contribution is 2.30. The summed E-state index contributed by atoms with van der Waals surface area (Å²) in [7, 11) is 0. The number of amides is 1. The van der Waals surface area contributed by atoms with Crippen LogP contribution in [0.3, 0.4) is 0 Å². The number of hydrogen-bond donors (Lipinski definition) is 3. The molecule has 1 atom stereocenters. The lowest BCUT2D eigenvalue weighted by Gasteiger charge is -2.18. The van der Waals surface area contributed by atoms with Gasteiger partial charge in [-0.3, -0.25) is 14.7 Å². The molecule has 0 fully saturated rings. The monoisotopic (exact) mass is 384 g/mol. The first kappa shape index (κ1) is 18.9. The maximum atomic E-state index is 12.6. The molecule has 3 rings (SSSR count). The summed E-state index contributed by atoms with van der Waals surface area (Å²) in [6.45, 7) is 0. The molecular weight excluding hydrogens is 364 g/mol. The van der Waals surface area contributed by atoms with E-state index in [4.69, 9.17) is 17.3 Å². The molecule has 0 spiro atoms. The summed E-state index contributed by atoms with van der Waals surface area (Å²) in [5.74, 6) is -0.294. The van der Waals surface area contributed by atoms with E-state index in [2.05, 4.69) is 15.2 Å². The van der Waals surface area contributed by atoms with E-state index in [1.165, 1.54) is 0 Å². The Hall–Kier alpha value is -2.86. The number of primary amides is 1. The van der Waals surface area contributed by atoms with Crippen LogP contribution >= 0.6 is 11.6 Å². The predicted octanol–water partition coefficient (Wildman–Crippen LogP) is 3.60. The van der Waals surface area contributed by atoms with Gasteiger partial charge in [0.05, 0.1) is 11.8 Å². The van der Waals surface area contributed by atoms with Crippen molar-refractivity contribution < 1.29 is 4.79 Å². The topological polar surface area (TPSA) is 105 Å². The molecule has 3 aromatic rings. The summed E-state index contributed by atoms with van der Waals surface area (Å²) < 4.78 is 0. The summed E-state index contributed by atoms with van der Waals surface area (Å²) in [5.41, 5.74) is 8.26. The first-order valence-electron chi connectivity index (χ1n) is 8.80. The highest BCUT2D eigenvalue weighted by Gasteiger charge is 2.17. The van der Waals surface area contributed by atoms with E-state index in [1.807, 2.05) is 36.4 Å². The van der Waals surface area contributed by atoms with Crippen molar-refractivity contribution >= 4 is 17.5 Å². The van der Waals surface area contributed by atoms with Gasteiger partial charge in [-0.15, -0.1) is 0 Å². The molecule has 0 bridgehead atoms. The van der Waals surface area contributed by atoms with Gasteiger partial charge in [-0.25, -0.2) is 0 Å². The second kappa shape index (κ2) is 8.68. The number of nitrogens with zero attached hydrogens (tertiary/aromatic N) is 1. The molecular formula is C20H21ClN4O2. The summed E-state index contributed by atoms with van der Waals surface area (Å²) in [6.07, 6.45) is 5.99. The van der Waals surface area contributed by atoms with Crippen molar-refractivity contribution in [3.8, 4) is 11.1 Å². The Labute approximate surface area is 161 Å². The number of carbonyl (C=O) groups is 1. The highest BCUT2D eigenvalue weighted by molar-refractivity contribution is 6.30. The zero-order valence-corrected chi connectivity index (χ0v) is 15.5. The Kier molecular flexibility index (Phi) is 6.08. The van der Waals surface area contributed by atoms with E-state index in [1.54, 1.807) is 12.4 Å². The number of carbonyl (C=O) groups excluding carboxylic acids is 1. The van der Waals surface area contributed by atoms with Crippen LogP contribution in [0.15, 0.2) is 53.6 Å². The van der Waals surface area contributed by atoms with Gasteiger partial charge in [-0.1, -0.05) is 30.2 Å². The summed E-state index contributed by atoms with van der Waals surface area (Å²) >= 11 is 6.01. The number of aromatic amines is 2. The van der Waals surface area contributed by atoms with Gasteiger partial charge in [0.1, 0.15) is 0 Å². The zero-order chi connectivity index (χ0) is 19.2. The minimum absolute atomic E-state index is 0.00115. The fourth-order valence-electron chi connectivity index (χ4n) is 3.16. The van der Waals surface area contributed by atoms with Crippen LogP contribution in [0.1, 0.15) is 42.9 Å². The van der Waals surface area contributed by atoms with Crippen molar-refractivity contribution in [1.82, 2.24) is 15.2 Å². The van der Waals surface area contributed by atoms with Crippen molar-refractivity contribution in [2.75, 3.05) is 0 Å². The lowest BCUT2D eigenvalue weighted by atomic mass is 9.89. The van der Waals surface area contributed by atoms with Crippen LogP contribution in [-0.4, -0.2) is 21.1 Å². The molecule has 0 saturated carbocycles. The first-order chi connectivity index (χ1) is 13.0. The molecule has 4 N–H and O–H groups in total. The quantitative estimate of drug-likeness (QED) is 0.517. The van der Waals surface area contributed by atoms with Crippen molar-refractivity contribution in [2.24, 2.45) is 5.73 Å². The average molecular weight is 385 g/mol. The molecule has 0 aliphatic heterocycles. The van der Waals surface area contributed by atoms with Gasteiger partial charge < -0.3 is 10.7 Å². The smallest absolute Gasteiger partial charge is 0.256 e. The molecule has 2 heterocycles. The largest absolute Gasteiger partial charge is 0.370 e. The van der Waals surface area contributed by atoms with Gasteiger partial charge in [-0.05, 0) is 42.7 Å². The van der Waals surface area contributed by atoms with Gasteiger partial charge in [0.25, 0.3) is 5.56 Å². The van der Waals surface area contributed by atoms with Crippen LogP contribution in [0, 0.1) is 0 Å². The maximum absolute atomic E-state index is 12.6. The number of rotatable bonds is 8. The fraction of sp³-hybridized carbons (Fsp3) is 0.250. The van der Waals surface area contributed by atoms with Gasteiger partial charge in [-0.2, -0.15) is 5.10 Å². The van der Waals surface area contributed by atoms with Crippen molar-refractivity contribution in [2.45, 2.75) is 31.6 Å². The number of benzene rings is 1. The summed E-state index contributed by atoms with van der Waals surface area (Å²) in [6, 6.07) is 11.3. The van der Waals surface area contributed by atoms with Gasteiger partial charge in [0.15, 0.2) is 0 Å². The van der Waals surface area contributed by atoms with Crippen LogP contribution < -0.4 is 11.3 Å². The number of H-pyrrole nitrogens is 2. The van der Waals surface area contributed by atoms with E-state index in [0.717, 1.165) is 36.1 Å². The lowest BCUT2D eigenvalue weighted by Crippen LogP contribution is -2.15. The number of nitrogens with two attached hydrogens (primary N) is 1. The number of hydrogen-bond acceptors (Lipinski definition) is 3. The molecule has 0 saturated heterocycles. The molecule has 2 aromatic heterocycles. The predicted molar refractivity (Wildman–Crippen MR) is 106 cm³/mol. The minimum atomic E-state index is -0.295. The second-order valence-corrected chi connectivity index (χ2v) is 6.90. The van der Waals surface area contributed by atoms with Crippen LogP contribution in [0.2, 0.25) is 5.02 Å². The van der Waals surface area contributed by atoms with Gasteiger partial charge >= 0.3 is 0 Å². The Balaban J connectivity index is 1.87. The summed E-state index contributed by atoms with van der Waals surface area (Å²) in [5, 5.41) is 7.27. The van der Waals surface area contributed by atoms with Gasteiger partial charge in [0, 0.05) is 34.8 Å². The third kappa shape index (κ3) is 4.86.